The van der Waals surface area contributed by atoms with Crippen LogP contribution in [0.2, 0.25) is 0 Å². The summed E-state index contributed by atoms with van der Waals surface area (Å²) in [6.07, 6.45) is 0.230. The first-order valence-corrected chi connectivity index (χ1v) is 11.1. The summed E-state index contributed by atoms with van der Waals surface area (Å²) in [5.74, 6) is 1.64. The Kier molecular flexibility index (Phi) is 6.37. The van der Waals surface area contributed by atoms with Gasteiger partial charge in [0.2, 0.25) is 5.91 Å². The third-order valence-electron chi connectivity index (χ3n) is 5.71. The molecular formula is C25H31N3O4. The lowest BCUT2D eigenvalue weighted by Crippen LogP contribution is -2.53. The number of carbonyl (C=O) groups excluding carboxylic acids is 2. The van der Waals surface area contributed by atoms with E-state index in [1.165, 1.54) is 0 Å². The van der Waals surface area contributed by atoms with E-state index in [9.17, 15) is 9.59 Å². The van der Waals surface area contributed by atoms with Crippen LogP contribution in [0, 0.1) is 0 Å². The molecule has 2 aromatic rings. The molecule has 170 valence electrons. The fourth-order valence-corrected chi connectivity index (χ4v) is 4.10. The summed E-state index contributed by atoms with van der Waals surface area (Å²) in [6.45, 7) is 9.00. The molecule has 0 spiro atoms. The van der Waals surface area contributed by atoms with Crippen LogP contribution in [-0.2, 0) is 9.53 Å². The Bertz CT molecular complexity index is 932. The molecule has 2 saturated heterocycles. The van der Waals surface area contributed by atoms with E-state index < -0.39 is 5.60 Å². The highest BCUT2D eigenvalue weighted by atomic mass is 16.6. The van der Waals surface area contributed by atoms with Crippen molar-refractivity contribution in [2.45, 2.75) is 38.8 Å². The second-order valence-electron chi connectivity index (χ2n) is 9.27. The van der Waals surface area contributed by atoms with Crippen LogP contribution >= 0.6 is 0 Å². The predicted octanol–water partition coefficient (Wildman–Crippen LogP) is 4.14. The van der Waals surface area contributed by atoms with Crippen LogP contribution in [0.25, 0.3) is 0 Å². The number of anilines is 1. The number of ether oxygens (including phenoxy) is 2. The van der Waals surface area contributed by atoms with Gasteiger partial charge in [-0.1, -0.05) is 18.2 Å². The molecule has 2 amide bonds. The van der Waals surface area contributed by atoms with E-state index in [2.05, 4.69) is 4.90 Å². The van der Waals surface area contributed by atoms with Gasteiger partial charge >= 0.3 is 6.09 Å². The second-order valence-corrected chi connectivity index (χ2v) is 9.27. The number of rotatable bonds is 4. The normalized spacial score (nSPS) is 19.8. The number of hydrogen-bond donors (Lipinski definition) is 0. The summed E-state index contributed by atoms with van der Waals surface area (Å²) in [7, 11) is 0. The molecule has 2 fully saturated rings. The lowest BCUT2D eigenvalue weighted by Gasteiger charge is -2.38. The van der Waals surface area contributed by atoms with E-state index in [4.69, 9.17) is 9.47 Å². The van der Waals surface area contributed by atoms with Gasteiger partial charge in [-0.05, 0) is 57.2 Å². The highest BCUT2D eigenvalue weighted by Gasteiger charge is 2.36. The van der Waals surface area contributed by atoms with Gasteiger partial charge in [-0.3, -0.25) is 9.69 Å². The van der Waals surface area contributed by atoms with Crippen LogP contribution in [0.3, 0.4) is 0 Å². The van der Waals surface area contributed by atoms with Crippen LogP contribution in [0.1, 0.15) is 27.2 Å². The highest BCUT2D eigenvalue weighted by Crippen LogP contribution is 2.28. The van der Waals surface area contributed by atoms with Crippen LogP contribution < -0.4 is 9.64 Å². The van der Waals surface area contributed by atoms with E-state index >= 15 is 0 Å². The third-order valence-corrected chi connectivity index (χ3v) is 5.71. The Labute approximate surface area is 189 Å². The summed E-state index contributed by atoms with van der Waals surface area (Å²) < 4.78 is 11.3. The molecule has 4 rings (SSSR count). The Morgan fingerprint density at radius 1 is 0.906 bits per heavy atom. The quantitative estimate of drug-likeness (QED) is 0.720. The zero-order chi connectivity index (χ0) is 22.7. The van der Waals surface area contributed by atoms with Crippen LogP contribution in [-0.4, -0.2) is 66.2 Å². The molecule has 0 aromatic heterocycles. The van der Waals surface area contributed by atoms with Gasteiger partial charge in [0.15, 0.2) is 0 Å². The third kappa shape index (κ3) is 5.40. The van der Waals surface area contributed by atoms with Crippen molar-refractivity contribution in [3.8, 4) is 11.5 Å². The van der Waals surface area contributed by atoms with Crippen LogP contribution in [0.4, 0.5) is 10.5 Å². The van der Waals surface area contributed by atoms with Gasteiger partial charge in [0.25, 0.3) is 0 Å². The number of amides is 2. The van der Waals surface area contributed by atoms with Crippen molar-refractivity contribution in [1.82, 2.24) is 9.80 Å². The smallest absolute Gasteiger partial charge is 0.410 e. The first-order chi connectivity index (χ1) is 15.3. The molecule has 0 radical (unpaired) electrons. The van der Waals surface area contributed by atoms with Crippen molar-refractivity contribution < 1.29 is 19.1 Å². The van der Waals surface area contributed by atoms with Gasteiger partial charge in [-0.25, -0.2) is 4.79 Å². The average Bonchev–Trinajstić information content (AvgIpc) is 3.15. The first kappa shape index (κ1) is 22.1. The fraction of sp³-hybridized carbons (Fsp3) is 0.440. The zero-order valence-corrected chi connectivity index (χ0v) is 19.0. The molecule has 1 atom stereocenters. The fourth-order valence-electron chi connectivity index (χ4n) is 4.10. The first-order valence-electron chi connectivity index (χ1n) is 11.1. The van der Waals surface area contributed by atoms with Crippen molar-refractivity contribution in [3.63, 3.8) is 0 Å². The Morgan fingerprint density at radius 2 is 1.53 bits per heavy atom. The molecule has 2 aromatic carbocycles. The monoisotopic (exact) mass is 437 g/mol. The zero-order valence-electron chi connectivity index (χ0n) is 19.0. The maximum Gasteiger partial charge on any atom is 0.410 e. The molecule has 2 heterocycles. The Morgan fingerprint density at radius 3 is 2.16 bits per heavy atom. The minimum atomic E-state index is -0.492. The lowest BCUT2D eigenvalue weighted by atomic mass is 10.2. The van der Waals surface area contributed by atoms with Crippen molar-refractivity contribution in [1.29, 1.82) is 0 Å². The molecular weight excluding hydrogens is 406 g/mol. The SMILES string of the molecule is CC(C)(C)OC(=O)N1CCN(C2CC(=O)N(c3ccc(Oc4ccccc4)cc3)C2)CC1. The number of nitrogens with zero attached hydrogens (tertiary/aromatic N) is 3. The molecule has 1 unspecified atom stereocenters. The molecule has 2 aliphatic heterocycles. The van der Waals surface area contributed by atoms with Crippen molar-refractivity contribution in [2.24, 2.45) is 0 Å². The molecule has 0 saturated carbocycles. The molecule has 7 heteroatoms. The minimum absolute atomic E-state index is 0.126. The maximum atomic E-state index is 12.7. The number of para-hydroxylation sites is 1. The number of carbonyl (C=O) groups is 2. The minimum Gasteiger partial charge on any atom is -0.457 e. The van der Waals surface area contributed by atoms with Gasteiger partial charge < -0.3 is 19.3 Å². The Balaban J connectivity index is 1.31. The lowest BCUT2D eigenvalue weighted by molar-refractivity contribution is -0.117. The Hall–Kier alpha value is -3.06. The van der Waals surface area contributed by atoms with Gasteiger partial charge in [0.05, 0.1) is 0 Å². The highest BCUT2D eigenvalue weighted by molar-refractivity contribution is 5.96. The molecule has 0 N–H and O–H groups in total. The second kappa shape index (κ2) is 9.20. The van der Waals surface area contributed by atoms with Crippen molar-refractivity contribution in [3.05, 3.63) is 54.6 Å². The van der Waals surface area contributed by atoms with Crippen molar-refractivity contribution >= 4 is 17.7 Å². The number of hydrogen-bond acceptors (Lipinski definition) is 5. The van der Waals surface area contributed by atoms with Gasteiger partial charge in [-0.15, -0.1) is 0 Å². The summed E-state index contributed by atoms with van der Waals surface area (Å²) >= 11 is 0. The number of benzene rings is 2. The maximum absolute atomic E-state index is 12.7. The van der Waals surface area contributed by atoms with Crippen LogP contribution in [0.5, 0.6) is 11.5 Å². The molecule has 7 nitrogen and oxygen atoms in total. The molecule has 32 heavy (non-hydrogen) atoms. The van der Waals surface area contributed by atoms with E-state index in [1.54, 1.807) is 4.90 Å². The number of piperazine rings is 1. The topological polar surface area (TPSA) is 62.3 Å². The van der Waals surface area contributed by atoms with Crippen molar-refractivity contribution in [2.75, 3.05) is 37.6 Å². The summed E-state index contributed by atoms with van der Waals surface area (Å²) in [6, 6.07) is 17.4. The van der Waals surface area contributed by atoms with E-state index in [0.717, 1.165) is 30.3 Å². The van der Waals surface area contributed by atoms with E-state index in [-0.39, 0.29) is 18.0 Å². The summed E-state index contributed by atoms with van der Waals surface area (Å²) in [4.78, 5) is 30.9. The van der Waals surface area contributed by atoms with E-state index in [1.807, 2.05) is 80.3 Å². The largest absolute Gasteiger partial charge is 0.457 e. The predicted molar refractivity (Wildman–Crippen MR) is 123 cm³/mol. The van der Waals surface area contributed by atoms with Gasteiger partial charge in [-0.2, -0.15) is 0 Å². The van der Waals surface area contributed by atoms with E-state index in [0.29, 0.717) is 26.1 Å². The van der Waals surface area contributed by atoms with Crippen LogP contribution in [0.15, 0.2) is 54.6 Å². The summed E-state index contributed by atoms with van der Waals surface area (Å²) in [5.41, 5.74) is 0.388. The molecule has 2 aliphatic rings. The van der Waals surface area contributed by atoms with Gasteiger partial charge in [0, 0.05) is 50.9 Å². The molecule has 0 bridgehead atoms. The average molecular weight is 438 g/mol. The van der Waals surface area contributed by atoms with Gasteiger partial charge in [0.1, 0.15) is 17.1 Å². The standard InChI is InChI=1S/C25H31N3O4/c1-25(2,3)32-24(30)27-15-13-26(14-16-27)20-17-23(29)28(18-20)19-9-11-22(12-10-19)31-21-7-5-4-6-8-21/h4-12,20H,13-18H2,1-3H3. The summed E-state index contributed by atoms with van der Waals surface area (Å²) in [5, 5.41) is 0. The molecule has 0 aliphatic carbocycles.